The van der Waals surface area contributed by atoms with Gasteiger partial charge in [0.25, 0.3) is 0 Å². The molecule has 2 aliphatic heterocycles. The number of hydrogen-bond acceptors (Lipinski definition) is 2. The second-order valence-corrected chi connectivity index (χ2v) is 5.76. The maximum absolute atomic E-state index is 11.5. The van der Waals surface area contributed by atoms with Crippen LogP contribution < -0.4 is 0 Å². The minimum atomic E-state index is 0.233. The summed E-state index contributed by atoms with van der Waals surface area (Å²) in [7, 11) is 0. The van der Waals surface area contributed by atoms with Crippen molar-refractivity contribution in [2.24, 2.45) is 0 Å². The summed E-state index contributed by atoms with van der Waals surface area (Å²) < 4.78 is 0. The van der Waals surface area contributed by atoms with Crippen LogP contribution in [0.15, 0.2) is 0 Å². The van der Waals surface area contributed by atoms with Crippen LogP contribution in [0, 0.1) is 0 Å². The highest BCUT2D eigenvalue weighted by molar-refractivity contribution is 5.80. The molecular formula is C12H21NO. The van der Waals surface area contributed by atoms with Crippen molar-refractivity contribution in [1.29, 1.82) is 0 Å². The van der Waals surface area contributed by atoms with Gasteiger partial charge in [0.05, 0.1) is 0 Å². The van der Waals surface area contributed by atoms with E-state index in [4.69, 9.17) is 0 Å². The Balaban J connectivity index is 2.21. The fraction of sp³-hybridized carbons (Fsp3) is 0.917. The minimum absolute atomic E-state index is 0.233. The zero-order valence-electron chi connectivity index (χ0n) is 9.55. The molecule has 0 saturated carbocycles. The van der Waals surface area contributed by atoms with E-state index >= 15 is 0 Å². The van der Waals surface area contributed by atoms with E-state index in [0.717, 1.165) is 12.8 Å². The number of carbonyl (C=O) groups excluding carboxylic acids is 1. The first-order valence-electron chi connectivity index (χ1n) is 5.78. The van der Waals surface area contributed by atoms with Gasteiger partial charge in [-0.15, -0.1) is 0 Å². The van der Waals surface area contributed by atoms with Gasteiger partial charge in [0.2, 0.25) is 0 Å². The number of Topliss-reactive ketones (excluding diaryl/α,β-unsaturated/α-hetero) is 1. The van der Waals surface area contributed by atoms with E-state index in [9.17, 15) is 4.79 Å². The van der Waals surface area contributed by atoms with E-state index in [0.29, 0.717) is 17.9 Å². The van der Waals surface area contributed by atoms with Crippen molar-refractivity contribution in [2.45, 2.75) is 70.5 Å². The number of hydrogen-bond donors (Lipinski definition) is 0. The Morgan fingerprint density at radius 3 is 2.07 bits per heavy atom. The highest BCUT2D eigenvalue weighted by Gasteiger charge is 2.42. The Kier molecular flexibility index (Phi) is 2.42. The topological polar surface area (TPSA) is 20.3 Å². The van der Waals surface area contributed by atoms with Gasteiger partial charge in [0.15, 0.2) is 0 Å². The predicted octanol–water partition coefficient (Wildman–Crippen LogP) is 2.37. The molecule has 2 nitrogen and oxygen atoms in total. The Bertz CT molecular complexity index is 225. The third kappa shape index (κ3) is 1.72. The summed E-state index contributed by atoms with van der Waals surface area (Å²) in [5.41, 5.74) is 0.233. The van der Waals surface area contributed by atoms with Crippen molar-refractivity contribution < 1.29 is 4.79 Å². The average molecular weight is 195 g/mol. The number of fused-ring (bicyclic) bond motifs is 2. The van der Waals surface area contributed by atoms with Crippen molar-refractivity contribution in [1.82, 2.24) is 4.90 Å². The lowest BCUT2D eigenvalue weighted by atomic mass is 9.80. The molecule has 2 unspecified atom stereocenters. The predicted molar refractivity (Wildman–Crippen MR) is 57.3 cm³/mol. The Morgan fingerprint density at radius 1 is 1.14 bits per heavy atom. The largest absolute Gasteiger partial charge is 0.300 e. The third-order valence-electron chi connectivity index (χ3n) is 3.56. The number of ketones is 1. The summed E-state index contributed by atoms with van der Waals surface area (Å²) in [4.78, 5) is 14.1. The van der Waals surface area contributed by atoms with Gasteiger partial charge in [0, 0.05) is 30.5 Å². The second kappa shape index (κ2) is 3.34. The standard InChI is InChI=1S/C12H21NO/c1-12(2,3)13-9-5-4-6-10(13)8-11(14)7-9/h9-10H,4-8H2,1-3H3. The van der Waals surface area contributed by atoms with Crippen LogP contribution in [-0.4, -0.2) is 28.3 Å². The van der Waals surface area contributed by atoms with E-state index in [1.54, 1.807) is 0 Å². The maximum Gasteiger partial charge on any atom is 0.136 e. The second-order valence-electron chi connectivity index (χ2n) is 5.76. The molecule has 80 valence electrons. The van der Waals surface area contributed by atoms with Gasteiger partial charge < -0.3 is 0 Å². The van der Waals surface area contributed by atoms with Crippen LogP contribution in [0.5, 0.6) is 0 Å². The Labute approximate surface area is 86.7 Å². The third-order valence-corrected chi connectivity index (χ3v) is 3.56. The first kappa shape index (κ1) is 10.2. The molecule has 0 radical (unpaired) electrons. The first-order valence-corrected chi connectivity index (χ1v) is 5.78. The molecule has 2 atom stereocenters. The average Bonchev–Trinajstić information content (AvgIpc) is 1.99. The van der Waals surface area contributed by atoms with E-state index < -0.39 is 0 Å². The van der Waals surface area contributed by atoms with Gasteiger partial charge in [-0.3, -0.25) is 9.69 Å². The van der Waals surface area contributed by atoms with E-state index in [-0.39, 0.29) is 5.54 Å². The van der Waals surface area contributed by atoms with Crippen LogP contribution >= 0.6 is 0 Å². The molecule has 2 aliphatic rings. The van der Waals surface area contributed by atoms with Gasteiger partial charge in [-0.05, 0) is 33.6 Å². The van der Waals surface area contributed by atoms with Crippen LogP contribution in [0.3, 0.4) is 0 Å². The molecule has 14 heavy (non-hydrogen) atoms. The molecule has 2 fully saturated rings. The highest BCUT2D eigenvalue weighted by atomic mass is 16.1. The Morgan fingerprint density at radius 2 is 1.64 bits per heavy atom. The summed E-state index contributed by atoms with van der Waals surface area (Å²) in [6.07, 6.45) is 5.36. The van der Waals surface area contributed by atoms with E-state index in [2.05, 4.69) is 25.7 Å². The van der Waals surface area contributed by atoms with Gasteiger partial charge in [-0.1, -0.05) is 6.42 Å². The fourth-order valence-electron chi connectivity index (χ4n) is 3.27. The van der Waals surface area contributed by atoms with Gasteiger partial charge in [0.1, 0.15) is 5.78 Å². The van der Waals surface area contributed by atoms with Gasteiger partial charge in [-0.2, -0.15) is 0 Å². The summed E-state index contributed by atoms with van der Waals surface area (Å²) >= 11 is 0. The molecule has 2 rings (SSSR count). The minimum Gasteiger partial charge on any atom is -0.300 e. The molecule has 0 aromatic rings. The molecule has 0 aliphatic carbocycles. The van der Waals surface area contributed by atoms with Crippen LogP contribution in [-0.2, 0) is 4.79 Å². The lowest BCUT2D eigenvalue weighted by Crippen LogP contribution is -2.59. The van der Waals surface area contributed by atoms with Crippen LogP contribution in [0.25, 0.3) is 0 Å². The summed E-state index contributed by atoms with van der Waals surface area (Å²) in [5, 5.41) is 0. The monoisotopic (exact) mass is 195 g/mol. The van der Waals surface area contributed by atoms with E-state index in [1.165, 1.54) is 19.3 Å². The van der Waals surface area contributed by atoms with Crippen molar-refractivity contribution >= 4 is 5.78 Å². The molecule has 0 N–H and O–H groups in total. The lowest BCUT2D eigenvalue weighted by molar-refractivity contribution is -0.130. The SMILES string of the molecule is CC(C)(C)N1C2CCCC1CC(=O)C2. The zero-order chi connectivity index (χ0) is 10.3. The van der Waals surface area contributed by atoms with Gasteiger partial charge in [-0.25, -0.2) is 0 Å². The van der Waals surface area contributed by atoms with Crippen LogP contribution in [0.4, 0.5) is 0 Å². The smallest absolute Gasteiger partial charge is 0.136 e. The zero-order valence-corrected chi connectivity index (χ0v) is 9.55. The number of carbonyl (C=O) groups is 1. The number of rotatable bonds is 0. The van der Waals surface area contributed by atoms with E-state index in [1.807, 2.05) is 0 Å². The van der Waals surface area contributed by atoms with Crippen molar-refractivity contribution in [3.63, 3.8) is 0 Å². The van der Waals surface area contributed by atoms with Crippen LogP contribution in [0.2, 0.25) is 0 Å². The molecule has 2 heterocycles. The molecule has 0 spiro atoms. The first-order chi connectivity index (χ1) is 6.48. The molecule has 2 heteroatoms. The normalized spacial score (nSPS) is 34.6. The molecule has 0 aromatic heterocycles. The molecular weight excluding hydrogens is 174 g/mol. The highest BCUT2D eigenvalue weighted by Crippen LogP contribution is 2.37. The quantitative estimate of drug-likeness (QED) is 0.591. The van der Waals surface area contributed by atoms with Crippen LogP contribution in [0.1, 0.15) is 52.9 Å². The maximum atomic E-state index is 11.5. The van der Waals surface area contributed by atoms with Crippen molar-refractivity contribution in [3.8, 4) is 0 Å². The summed E-state index contributed by atoms with van der Waals surface area (Å²) in [5.74, 6) is 0.486. The van der Waals surface area contributed by atoms with Crippen molar-refractivity contribution in [2.75, 3.05) is 0 Å². The summed E-state index contributed by atoms with van der Waals surface area (Å²) in [6.45, 7) is 6.82. The molecule has 2 bridgehead atoms. The number of nitrogens with zero attached hydrogens (tertiary/aromatic N) is 1. The molecule has 0 aromatic carbocycles. The Hall–Kier alpha value is -0.370. The lowest BCUT2D eigenvalue weighted by Gasteiger charge is -2.52. The summed E-state index contributed by atoms with van der Waals surface area (Å²) in [6, 6.07) is 1.07. The van der Waals surface area contributed by atoms with Crippen molar-refractivity contribution in [3.05, 3.63) is 0 Å². The number of piperidine rings is 2. The molecule has 2 saturated heterocycles. The molecule has 0 amide bonds. The fourth-order valence-corrected chi connectivity index (χ4v) is 3.27. The van der Waals surface area contributed by atoms with Gasteiger partial charge >= 0.3 is 0 Å².